The number of benzene rings is 2. The first-order chi connectivity index (χ1) is 16.2. The van der Waals surface area contributed by atoms with E-state index in [1.165, 1.54) is 11.8 Å². The van der Waals surface area contributed by atoms with Gasteiger partial charge in [0, 0.05) is 23.7 Å². The van der Waals surface area contributed by atoms with Crippen molar-refractivity contribution in [2.24, 2.45) is 0 Å². The average Bonchev–Trinajstić information content (AvgIpc) is 3.51. The minimum Gasteiger partial charge on any atom is -0.449 e. The third kappa shape index (κ3) is 4.63. The second-order valence-corrected chi connectivity index (χ2v) is 8.07. The van der Waals surface area contributed by atoms with E-state index in [0.29, 0.717) is 27.9 Å². The standard InChI is InChI=1S/C24H18N4O4S/c1-15(22-27-21(28-32-22)16-8-6-12-25-13-16)30-23(29)18-9-3-2-7-17(18)14-33-24-26-19-10-4-5-11-20(19)31-24/h2-13,15H,14H2,1H3. The summed E-state index contributed by atoms with van der Waals surface area (Å²) in [4.78, 5) is 25.7. The van der Waals surface area contributed by atoms with Crippen molar-refractivity contribution in [3.8, 4) is 11.4 Å². The molecule has 33 heavy (non-hydrogen) atoms. The van der Waals surface area contributed by atoms with Crippen LogP contribution >= 0.6 is 11.8 Å². The lowest BCUT2D eigenvalue weighted by molar-refractivity contribution is 0.0264. The van der Waals surface area contributed by atoms with Gasteiger partial charge in [-0.05, 0) is 42.8 Å². The topological polar surface area (TPSA) is 104 Å². The molecule has 3 heterocycles. The van der Waals surface area contributed by atoms with E-state index >= 15 is 0 Å². The van der Waals surface area contributed by atoms with Gasteiger partial charge in [-0.15, -0.1) is 0 Å². The fourth-order valence-electron chi connectivity index (χ4n) is 3.18. The first-order valence-electron chi connectivity index (χ1n) is 10.2. The lowest BCUT2D eigenvalue weighted by Crippen LogP contribution is -2.11. The molecule has 0 radical (unpaired) electrons. The summed E-state index contributed by atoms with van der Waals surface area (Å²) >= 11 is 1.41. The first kappa shape index (κ1) is 20.9. The van der Waals surface area contributed by atoms with Gasteiger partial charge in [0.2, 0.25) is 5.82 Å². The minimum absolute atomic E-state index is 0.209. The summed E-state index contributed by atoms with van der Waals surface area (Å²) in [5, 5.41) is 4.49. The van der Waals surface area contributed by atoms with Crippen molar-refractivity contribution in [1.29, 1.82) is 0 Å². The van der Waals surface area contributed by atoms with Gasteiger partial charge in [0.1, 0.15) is 5.52 Å². The van der Waals surface area contributed by atoms with Gasteiger partial charge in [0.25, 0.3) is 11.1 Å². The molecule has 0 aliphatic heterocycles. The number of carbonyl (C=O) groups is 1. The highest BCUT2D eigenvalue weighted by atomic mass is 32.2. The Morgan fingerprint density at radius 1 is 1.06 bits per heavy atom. The van der Waals surface area contributed by atoms with Crippen LogP contribution < -0.4 is 0 Å². The number of hydrogen-bond donors (Lipinski definition) is 0. The number of nitrogens with zero attached hydrogens (tertiary/aromatic N) is 4. The Labute approximate surface area is 193 Å². The Balaban J connectivity index is 1.27. The number of para-hydroxylation sites is 2. The number of rotatable bonds is 7. The SMILES string of the molecule is CC(OC(=O)c1ccccc1CSc1nc2ccccc2o1)c1nc(-c2cccnc2)no1. The molecule has 0 amide bonds. The van der Waals surface area contributed by atoms with Crippen LogP contribution in [-0.2, 0) is 10.5 Å². The molecule has 0 aliphatic rings. The normalized spacial score (nSPS) is 12.0. The Kier molecular flexibility index (Phi) is 5.86. The fourth-order valence-corrected chi connectivity index (χ4v) is 4.03. The molecule has 0 spiro atoms. The summed E-state index contributed by atoms with van der Waals surface area (Å²) in [6, 6.07) is 18.5. The van der Waals surface area contributed by atoms with Crippen LogP contribution in [0.3, 0.4) is 0 Å². The molecule has 1 unspecified atom stereocenters. The van der Waals surface area contributed by atoms with Gasteiger partial charge in [-0.2, -0.15) is 4.98 Å². The van der Waals surface area contributed by atoms with E-state index in [2.05, 4.69) is 20.1 Å². The van der Waals surface area contributed by atoms with E-state index in [0.717, 1.165) is 16.7 Å². The number of hydrogen-bond acceptors (Lipinski definition) is 9. The first-order valence-corrected chi connectivity index (χ1v) is 11.2. The molecule has 0 fully saturated rings. The van der Waals surface area contributed by atoms with Crippen molar-refractivity contribution in [3.05, 3.63) is 90.1 Å². The molecule has 0 saturated heterocycles. The summed E-state index contributed by atoms with van der Waals surface area (Å²) in [6.07, 6.45) is 2.58. The highest BCUT2D eigenvalue weighted by molar-refractivity contribution is 7.98. The summed E-state index contributed by atoms with van der Waals surface area (Å²) in [5.41, 5.74) is 3.51. The molecule has 0 N–H and O–H groups in total. The Hall–Kier alpha value is -3.98. The van der Waals surface area contributed by atoms with Crippen molar-refractivity contribution in [1.82, 2.24) is 20.1 Å². The Morgan fingerprint density at radius 3 is 2.76 bits per heavy atom. The minimum atomic E-state index is -0.715. The molecule has 8 nitrogen and oxygen atoms in total. The maximum atomic E-state index is 12.9. The molecule has 0 bridgehead atoms. The number of carbonyl (C=O) groups excluding carboxylic acids is 1. The molecular weight excluding hydrogens is 440 g/mol. The monoisotopic (exact) mass is 458 g/mol. The molecule has 9 heteroatoms. The number of thioether (sulfide) groups is 1. The Bertz CT molecular complexity index is 1370. The number of pyridine rings is 1. The van der Waals surface area contributed by atoms with Crippen LogP contribution in [0, 0.1) is 0 Å². The van der Waals surface area contributed by atoms with E-state index < -0.39 is 12.1 Å². The van der Waals surface area contributed by atoms with Gasteiger partial charge in [-0.25, -0.2) is 9.78 Å². The van der Waals surface area contributed by atoms with Crippen LogP contribution in [0.1, 0.15) is 34.8 Å². The van der Waals surface area contributed by atoms with E-state index in [1.807, 2.05) is 42.5 Å². The third-order valence-electron chi connectivity index (χ3n) is 4.86. The molecule has 1 atom stereocenters. The van der Waals surface area contributed by atoms with E-state index in [1.54, 1.807) is 37.5 Å². The maximum absolute atomic E-state index is 12.9. The zero-order valence-electron chi connectivity index (χ0n) is 17.5. The average molecular weight is 458 g/mol. The summed E-state index contributed by atoms with van der Waals surface area (Å²) < 4.78 is 16.7. The number of esters is 1. The summed E-state index contributed by atoms with van der Waals surface area (Å²) in [6.45, 7) is 1.69. The largest absolute Gasteiger partial charge is 0.449 e. The van der Waals surface area contributed by atoms with Gasteiger partial charge in [0.05, 0.1) is 5.56 Å². The molecular formula is C24H18N4O4S. The lowest BCUT2D eigenvalue weighted by Gasteiger charge is -2.11. The molecule has 3 aromatic heterocycles. The second kappa shape index (κ2) is 9.25. The molecule has 0 saturated carbocycles. The van der Waals surface area contributed by atoms with Crippen molar-refractivity contribution in [2.45, 2.75) is 24.0 Å². The quantitative estimate of drug-likeness (QED) is 0.231. The van der Waals surface area contributed by atoms with Gasteiger partial charge in [0.15, 0.2) is 11.7 Å². The molecule has 164 valence electrons. The fraction of sp³-hybridized carbons (Fsp3) is 0.125. The van der Waals surface area contributed by atoms with Gasteiger partial charge < -0.3 is 13.7 Å². The maximum Gasteiger partial charge on any atom is 0.339 e. The van der Waals surface area contributed by atoms with Crippen LogP contribution in [0.2, 0.25) is 0 Å². The van der Waals surface area contributed by atoms with Crippen LogP contribution in [0.5, 0.6) is 0 Å². The second-order valence-electron chi connectivity index (χ2n) is 7.14. The van der Waals surface area contributed by atoms with E-state index in [-0.39, 0.29) is 5.89 Å². The van der Waals surface area contributed by atoms with Crippen LogP contribution in [0.15, 0.2) is 87.2 Å². The van der Waals surface area contributed by atoms with Gasteiger partial charge >= 0.3 is 5.97 Å². The van der Waals surface area contributed by atoms with Gasteiger partial charge in [-0.3, -0.25) is 4.98 Å². The zero-order valence-corrected chi connectivity index (χ0v) is 18.4. The number of fused-ring (bicyclic) bond motifs is 1. The molecule has 0 aliphatic carbocycles. The molecule has 5 aromatic rings. The smallest absolute Gasteiger partial charge is 0.339 e. The van der Waals surface area contributed by atoms with Crippen LogP contribution in [0.25, 0.3) is 22.5 Å². The highest BCUT2D eigenvalue weighted by Crippen LogP contribution is 2.28. The lowest BCUT2D eigenvalue weighted by atomic mass is 10.1. The van der Waals surface area contributed by atoms with Gasteiger partial charge in [-0.1, -0.05) is 47.3 Å². The predicted octanol–water partition coefficient (Wildman–Crippen LogP) is 5.48. The number of oxazole rings is 1. The van der Waals surface area contributed by atoms with Crippen molar-refractivity contribution in [2.75, 3.05) is 0 Å². The summed E-state index contributed by atoms with van der Waals surface area (Å²) in [5.74, 6) is 0.618. The molecule has 5 rings (SSSR count). The molecule has 2 aromatic carbocycles. The predicted molar refractivity (Wildman–Crippen MR) is 121 cm³/mol. The van der Waals surface area contributed by atoms with Crippen molar-refractivity contribution in [3.63, 3.8) is 0 Å². The third-order valence-corrected chi connectivity index (χ3v) is 5.73. The van der Waals surface area contributed by atoms with Crippen molar-refractivity contribution < 1.29 is 18.5 Å². The number of ether oxygens (including phenoxy) is 1. The number of aromatic nitrogens is 4. The Morgan fingerprint density at radius 2 is 1.91 bits per heavy atom. The van der Waals surface area contributed by atoms with Crippen LogP contribution in [-0.4, -0.2) is 26.1 Å². The van der Waals surface area contributed by atoms with E-state index in [4.69, 9.17) is 13.7 Å². The zero-order chi connectivity index (χ0) is 22.6. The summed E-state index contributed by atoms with van der Waals surface area (Å²) in [7, 11) is 0. The highest BCUT2D eigenvalue weighted by Gasteiger charge is 2.22. The van der Waals surface area contributed by atoms with Crippen molar-refractivity contribution >= 4 is 28.8 Å². The van der Waals surface area contributed by atoms with Crippen LogP contribution in [0.4, 0.5) is 0 Å². The van der Waals surface area contributed by atoms with E-state index in [9.17, 15) is 4.79 Å².